The van der Waals surface area contributed by atoms with Gasteiger partial charge in [0.25, 0.3) is 5.56 Å². The standard InChI is InChI=1S/C12H11F3N4OS/c1-7-10(20)19(16)11(18-17-7)21-6-8-2-4-9(5-3-8)12(13,14)15/h2-5H,6,16H2,1H3. The van der Waals surface area contributed by atoms with E-state index in [9.17, 15) is 18.0 Å². The average Bonchev–Trinajstić information content (AvgIpc) is 2.43. The molecule has 0 fully saturated rings. The smallest absolute Gasteiger partial charge is 0.334 e. The third kappa shape index (κ3) is 3.54. The third-order valence-corrected chi connectivity index (χ3v) is 3.68. The lowest BCUT2D eigenvalue weighted by Gasteiger charge is -2.08. The van der Waals surface area contributed by atoms with Gasteiger partial charge in [0.05, 0.1) is 5.56 Å². The highest BCUT2D eigenvalue weighted by atomic mass is 32.2. The van der Waals surface area contributed by atoms with Crippen LogP contribution >= 0.6 is 11.8 Å². The first-order valence-electron chi connectivity index (χ1n) is 5.79. The third-order valence-electron chi connectivity index (χ3n) is 2.67. The minimum absolute atomic E-state index is 0.177. The molecule has 0 aliphatic rings. The van der Waals surface area contributed by atoms with Gasteiger partial charge in [-0.05, 0) is 24.6 Å². The van der Waals surface area contributed by atoms with Gasteiger partial charge < -0.3 is 5.84 Å². The Morgan fingerprint density at radius 2 is 1.86 bits per heavy atom. The van der Waals surface area contributed by atoms with E-state index in [2.05, 4.69) is 10.2 Å². The van der Waals surface area contributed by atoms with Crippen LogP contribution in [0.4, 0.5) is 13.2 Å². The summed E-state index contributed by atoms with van der Waals surface area (Å²) in [6.45, 7) is 1.49. The van der Waals surface area contributed by atoms with E-state index in [1.54, 1.807) is 0 Å². The molecule has 0 aliphatic heterocycles. The summed E-state index contributed by atoms with van der Waals surface area (Å²) in [5.74, 6) is 5.89. The summed E-state index contributed by atoms with van der Waals surface area (Å²) in [6, 6.07) is 4.76. The summed E-state index contributed by atoms with van der Waals surface area (Å²) >= 11 is 1.12. The van der Waals surface area contributed by atoms with Crippen molar-refractivity contribution in [2.24, 2.45) is 0 Å². The number of alkyl halides is 3. The van der Waals surface area contributed by atoms with E-state index in [1.165, 1.54) is 19.1 Å². The highest BCUT2D eigenvalue weighted by Crippen LogP contribution is 2.29. The van der Waals surface area contributed by atoms with Crippen molar-refractivity contribution in [2.75, 3.05) is 5.84 Å². The molecule has 0 saturated carbocycles. The molecule has 0 atom stereocenters. The van der Waals surface area contributed by atoms with Crippen LogP contribution in [-0.2, 0) is 11.9 Å². The normalized spacial score (nSPS) is 11.6. The van der Waals surface area contributed by atoms with Gasteiger partial charge in [-0.3, -0.25) is 4.79 Å². The molecule has 9 heteroatoms. The average molecular weight is 316 g/mol. The van der Waals surface area contributed by atoms with Crippen molar-refractivity contribution in [2.45, 2.75) is 24.0 Å². The summed E-state index contributed by atoms with van der Waals surface area (Å²) in [5.41, 5.74) is -0.332. The molecule has 0 bridgehead atoms. The van der Waals surface area contributed by atoms with Crippen LogP contribution in [0.5, 0.6) is 0 Å². The second kappa shape index (κ2) is 5.76. The van der Waals surface area contributed by atoms with E-state index in [-0.39, 0.29) is 10.9 Å². The quantitative estimate of drug-likeness (QED) is 0.692. The molecule has 0 amide bonds. The van der Waals surface area contributed by atoms with E-state index in [1.807, 2.05) is 0 Å². The zero-order valence-corrected chi connectivity index (χ0v) is 11.7. The van der Waals surface area contributed by atoms with Crippen LogP contribution in [0.15, 0.2) is 34.2 Å². The Kier molecular flexibility index (Phi) is 4.21. The number of benzene rings is 1. The van der Waals surface area contributed by atoms with Crippen LogP contribution < -0.4 is 11.4 Å². The SMILES string of the molecule is Cc1nnc(SCc2ccc(C(F)(F)F)cc2)n(N)c1=O. The summed E-state index contributed by atoms with van der Waals surface area (Å²) in [4.78, 5) is 11.6. The molecule has 21 heavy (non-hydrogen) atoms. The van der Waals surface area contributed by atoms with Crippen LogP contribution in [0.2, 0.25) is 0 Å². The first-order valence-corrected chi connectivity index (χ1v) is 6.78. The zero-order chi connectivity index (χ0) is 15.6. The number of rotatable bonds is 3. The van der Waals surface area contributed by atoms with E-state index in [4.69, 9.17) is 5.84 Å². The maximum absolute atomic E-state index is 12.4. The number of nitrogens with two attached hydrogens (primary N) is 1. The van der Waals surface area contributed by atoms with Gasteiger partial charge in [-0.2, -0.15) is 17.8 Å². The van der Waals surface area contributed by atoms with Gasteiger partial charge in [-0.15, -0.1) is 10.2 Å². The minimum Gasteiger partial charge on any atom is -0.334 e. The highest BCUT2D eigenvalue weighted by Gasteiger charge is 2.29. The number of nitrogen functional groups attached to an aromatic ring is 1. The predicted octanol–water partition coefficient (Wildman–Crippen LogP) is 1.97. The lowest BCUT2D eigenvalue weighted by atomic mass is 10.1. The molecule has 2 aromatic rings. The minimum atomic E-state index is -4.36. The Bertz CT molecular complexity index is 697. The second-order valence-electron chi connectivity index (χ2n) is 4.23. The van der Waals surface area contributed by atoms with Gasteiger partial charge in [-0.25, -0.2) is 0 Å². The second-order valence-corrected chi connectivity index (χ2v) is 5.17. The van der Waals surface area contributed by atoms with Crippen molar-refractivity contribution in [3.8, 4) is 0 Å². The molecule has 112 valence electrons. The number of aromatic nitrogens is 3. The molecule has 0 spiro atoms. The van der Waals surface area contributed by atoms with Crippen molar-refractivity contribution in [1.82, 2.24) is 14.9 Å². The Morgan fingerprint density at radius 3 is 2.43 bits per heavy atom. The van der Waals surface area contributed by atoms with Crippen molar-refractivity contribution in [3.63, 3.8) is 0 Å². The lowest BCUT2D eigenvalue weighted by molar-refractivity contribution is -0.137. The van der Waals surface area contributed by atoms with E-state index < -0.39 is 17.3 Å². The van der Waals surface area contributed by atoms with Crippen molar-refractivity contribution >= 4 is 11.8 Å². The summed E-state index contributed by atoms with van der Waals surface area (Å²) in [5, 5.41) is 7.65. The number of hydrogen-bond donors (Lipinski definition) is 1. The van der Waals surface area contributed by atoms with Gasteiger partial charge >= 0.3 is 6.18 Å². The van der Waals surface area contributed by atoms with Gasteiger partial charge in [0, 0.05) is 5.75 Å². The Balaban J connectivity index is 2.10. The van der Waals surface area contributed by atoms with E-state index in [0.29, 0.717) is 11.3 Å². The van der Waals surface area contributed by atoms with Crippen molar-refractivity contribution in [3.05, 3.63) is 51.4 Å². The molecule has 1 aromatic carbocycles. The molecule has 5 nitrogen and oxygen atoms in total. The highest BCUT2D eigenvalue weighted by molar-refractivity contribution is 7.98. The molecule has 1 aromatic heterocycles. The van der Waals surface area contributed by atoms with Crippen LogP contribution in [0.3, 0.4) is 0 Å². The van der Waals surface area contributed by atoms with Crippen molar-refractivity contribution in [1.29, 1.82) is 0 Å². The molecule has 2 rings (SSSR count). The summed E-state index contributed by atoms with van der Waals surface area (Å²) in [7, 11) is 0. The van der Waals surface area contributed by atoms with E-state index in [0.717, 1.165) is 28.6 Å². The van der Waals surface area contributed by atoms with Crippen LogP contribution in [0.25, 0.3) is 0 Å². The van der Waals surface area contributed by atoms with E-state index >= 15 is 0 Å². The fourth-order valence-electron chi connectivity index (χ4n) is 1.51. The fraction of sp³-hybridized carbons (Fsp3) is 0.250. The maximum Gasteiger partial charge on any atom is 0.416 e. The summed E-state index contributed by atoms with van der Waals surface area (Å²) in [6.07, 6.45) is -4.36. The monoisotopic (exact) mass is 316 g/mol. The van der Waals surface area contributed by atoms with Gasteiger partial charge in [-0.1, -0.05) is 23.9 Å². The van der Waals surface area contributed by atoms with Gasteiger partial charge in [0.2, 0.25) is 5.16 Å². The summed E-state index contributed by atoms with van der Waals surface area (Å²) < 4.78 is 38.2. The van der Waals surface area contributed by atoms with Crippen molar-refractivity contribution < 1.29 is 13.2 Å². The Hall–Kier alpha value is -2.03. The molecule has 1 heterocycles. The molecule has 0 unspecified atom stereocenters. The zero-order valence-electron chi connectivity index (χ0n) is 10.9. The number of hydrogen-bond acceptors (Lipinski definition) is 5. The van der Waals surface area contributed by atoms with Crippen LogP contribution in [-0.4, -0.2) is 14.9 Å². The Labute approximate surface area is 122 Å². The maximum atomic E-state index is 12.4. The fourth-order valence-corrected chi connectivity index (χ4v) is 2.31. The lowest BCUT2D eigenvalue weighted by Crippen LogP contribution is -2.32. The molecular formula is C12H11F3N4OS. The first-order chi connectivity index (χ1) is 9.79. The van der Waals surface area contributed by atoms with Crippen LogP contribution in [0, 0.1) is 6.92 Å². The topological polar surface area (TPSA) is 73.8 Å². The largest absolute Gasteiger partial charge is 0.416 e. The van der Waals surface area contributed by atoms with Crippen LogP contribution in [0.1, 0.15) is 16.8 Å². The molecule has 0 saturated heterocycles. The number of aryl methyl sites for hydroxylation is 1. The molecular weight excluding hydrogens is 305 g/mol. The number of halogens is 3. The first kappa shape index (κ1) is 15.4. The molecule has 2 N–H and O–H groups in total. The number of thioether (sulfide) groups is 1. The molecule has 0 radical (unpaired) electrons. The number of nitrogens with zero attached hydrogens (tertiary/aromatic N) is 3. The molecule has 0 aliphatic carbocycles. The van der Waals surface area contributed by atoms with Gasteiger partial charge in [0.1, 0.15) is 5.69 Å². The predicted molar refractivity (Wildman–Crippen MR) is 72.2 cm³/mol. The Morgan fingerprint density at radius 1 is 1.24 bits per heavy atom. The van der Waals surface area contributed by atoms with Gasteiger partial charge in [0.15, 0.2) is 0 Å².